The highest BCUT2D eigenvalue weighted by atomic mass is 28.4. The zero-order valence-corrected chi connectivity index (χ0v) is 10.9. The van der Waals surface area contributed by atoms with E-state index in [1.807, 2.05) is 0 Å². The SMILES string of the molecule is CC(C)(C)[Si](C)(C)O[C@@H]1CNC[C@@H]1O. The molecule has 0 radical (unpaired) electrons. The van der Waals surface area contributed by atoms with E-state index in [0.29, 0.717) is 6.54 Å². The summed E-state index contributed by atoms with van der Waals surface area (Å²) >= 11 is 0. The Hall–Kier alpha value is 0.0969. The first-order valence-electron chi connectivity index (χ1n) is 5.30. The minimum absolute atomic E-state index is 0.00380. The van der Waals surface area contributed by atoms with Crippen LogP contribution in [0.15, 0.2) is 0 Å². The van der Waals surface area contributed by atoms with Gasteiger partial charge in [-0.15, -0.1) is 0 Å². The Balaban J connectivity index is 2.58. The van der Waals surface area contributed by atoms with Crippen LogP contribution in [0.2, 0.25) is 18.1 Å². The average molecular weight is 217 g/mol. The maximum absolute atomic E-state index is 9.65. The van der Waals surface area contributed by atoms with Gasteiger partial charge >= 0.3 is 0 Å². The van der Waals surface area contributed by atoms with Gasteiger partial charge in [0.25, 0.3) is 0 Å². The lowest BCUT2D eigenvalue weighted by atomic mass is 10.2. The summed E-state index contributed by atoms with van der Waals surface area (Å²) in [5.74, 6) is 0. The minimum atomic E-state index is -1.71. The molecule has 1 aliphatic heterocycles. The lowest BCUT2D eigenvalue weighted by Crippen LogP contribution is -2.46. The summed E-state index contributed by atoms with van der Waals surface area (Å²) in [6.07, 6.45) is -0.333. The van der Waals surface area contributed by atoms with Crippen LogP contribution >= 0.6 is 0 Å². The predicted octanol–water partition coefficient (Wildman–Crippen LogP) is 1.34. The Morgan fingerprint density at radius 2 is 1.86 bits per heavy atom. The van der Waals surface area contributed by atoms with Crippen LogP contribution in [0.3, 0.4) is 0 Å². The Kier molecular flexibility index (Phi) is 3.41. The monoisotopic (exact) mass is 217 g/mol. The van der Waals surface area contributed by atoms with E-state index >= 15 is 0 Å². The number of rotatable bonds is 2. The van der Waals surface area contributed by atoms with Crippen LogP contribution < -0.4 is 5.32 Å². The van der Waals surface area contributed by atoms with Gasteiger partial charge in [0, 0.05) is 13.1 Å². The molecule has 2 N–H and O–H groups in total. The molecule has 0 aliphatic carbocycles. The van der Waals surface area contributed by atoms with Crippen molar-refractivity contribution in [3.8, 4) is 0 Å². The van der Waals surface area contributed by atoms with Crippen molar-refractivity contribution in [3.63, 3.8) is 0 Å². The van der Waals surface area contributed by atoms with Gasteiger partial charge in [-0.2, -0.15) is 0 Å². The highest BCUT2D eigenvalue weighted by Gasteiger charge is 2.41. The molecule has 1 aliphatic rings. The molecule has 1 fully saturated rings. The molecular weight excluding hydrogens is 194 g/mol. The molecule has 2 atom stereocenters. The van der Waals surface area contributed by atoms with Crippen molar-refractivity contribution in [2.45, 2.75) is 51.1 Å². The minimum Gasteiger partial charge on any atom is -0.410 e. The molecule has 1 saturated heterocycles. The molecule has 0 amide bonds. The molecule has 3 nitrogen and oxygen atoms in total. The quantitative estimate of drug-likeness (QED) is 0.686. The topological polar surface area (TPSA) is 41.5 Å². The van der Waals surface area contributed by atoms with Crippen LogP contribution in [0.4, 0.5) is 0 Å². The molecule has 14 heavy (non-hydrogen) atoms. The van der Waals surface area contributed by atoms with E-state index in [4.69, 9.17) is 4.43 Å². The second-order valence-corrected chi connectivity index (χ2v) is 10.4. The summed E-state index contributed by atoms with van der Waals surface area (Å²) in [7, 11) is -1.71. The van der Waals surface area contributed by atoms with Gasteiger partial charge in [0.05, 0.1) is 12.2 Å². The summed E-state index contributed by atoms with van der Waals surface area (Å²) in [4.78, 5) is 0. The first-order valence-corrected chi connectivity index (χ1v) is 8.21. The van der Waals surface area contributed by atoms with Gasteiger partial charge in [-0.25, -0.2) is 0 Å². The predicted molar refractivity (Wildman–Crippen MR) is 60.9 cm³/mol. The zero-order chi connectivity index (χ0) is 11.0. The van der Waals surface area contributed by atoms with Crippen molar-refractivity contribution in [2.75, 3.05) is 13.1 Å². The van der Waals surface area contributed by atoms with Crippen LogP contribution in [-0.2, 0) is 4.43 Å². The van der Waals surface area contributed by atoms with Crippen molar-refractivity contribution in [2.24, 2.45) is 0 Å². The number of aliphatic hydroxyl groups excluding tert-OH is 1. The number of hydrogen-bond donors (Lipinski definition) is 2. The smallest absolute Gasteiger partial charge is 0.192 e. The van der Waals surface area contributed by atoms with E-state index < -0.39 is 8.32 Å². The Labute approximate surface area is 88.0 Å². The lowest BCUT2D eigenvalue weighted by Gasteiger charge is -2.38. The first-order chi connectivity index (χ1) is 6.24. The van der Waals surface area contributed by atoms with Gasteiger partial charge in [-0.05, 0) is 18.1 Å². The first kappa shape index (κ1) is 12.2. The highest BCUT2D eigenvalue weighted by Crippen LogP contribution is 2.37. The maximum Gasteiger partial charge on any atom is 0.192 e. The zero-order valence-electron chi connectivity index (χ0n) is 9.92. The summed E-state index contributed by atoms with van der Waals surface area (Å²) < 4.78 is 6.10. The van der Waals surface area contributed by atoms with E-state index in [1.165, 1.54) is 0 Å². The van der Waals surface area contributed by atoms with Crippen LogP contribution in [-0.4, -0.2) is 38.7 Å². The van der Waals surface area contributed by atoms with Crippen molar-refractivity contribution in [1.29, 1.82) is 0 Å². The third-order valence-corrected chi connectivity index (χ3v) is 7.88. The van der Waals surface area contributed by atoms with Gasteiger partial charge in [0.1, 0.15) is 0 Å². The summed E-state index contributed by atoms with van der Waals surface area (Å²) in [6, 6.07) is 0. The molecule has 0 bridgehead atoms. The van der Waals surface area contributed by atoms with E-state index in [-0.39, 0.29) is 17.2 Å². The van der Waals surface area contributed by atoms with Gasteiger partial charge in [-0.1, -0.05) is 20.8 Å². The van der Waals surface area contributed by atoms with Gasteiger partial charge in [-0.3, -0.25) is 0 Å². The molecule has 1 heterocycles. The highest BCUT2D eigenvalue weighted by molar-refractivity contribution is 6.74. The standard InChI is InChI=1S/C10H23NO2Si/c1-10(2,3)14(4,5)13-9-7-11-6-8(9)12/h8-9,11-12H,6-7H2,1-5H3/t8-,9+/m0/s1. The fraction of sp³-hybridized carbons (Fsp3) is 1.00. The van der Waals surface area contributed by atoms with Gasteiger partial charge in [0.2, 0.25) is 0 Å². The summed E-state index contributed by atoms with van der Waals surface area (Å²) in [5, 5.41) is 13.0. The third-order valence-electron chi connectivity index (χ3n) is 3.38. The van der Waals surface area contributed by atoms with Crippen LogP contribution in [0, 0.1) is 0 Å². The largest absolute Gasteiger partial charge is 0.410 e. The van der Waals surface area contributed by atoms with Crippen LogP contribution in [0.25, 0.3) is 0 Å². The number of nitrogens with one attached hydrogen (secondary N) is 1. The summed E-state index contributed by atoms with van der Waals surface area (Å²) in [6.45, 7) is 12.5. The second-order valence-electron chi connectivity index (χ2n) is 5.64. The fourth-order valence-corrected chi connectivity index (χ4v) is 2.67. The second kappa shape index (κ2) is 3.93. The van der Waals surface area contributed by atoms with E-state index in [9.17, 15) is 5.11 Å². The normalized spacial score (nSPS) is 29.6. The molecule has 0 unspecified atom stereocenters. The molecule has 1 rings (SSSR count). The Bertz CT molecular complexity index is 201. The van der Waals surface area contributed by atoms with E-state index in [2.05, 4.69) is 39.2 Å². The van der Waals surface area contributed by atoms with Crippen LogP contribution in [0.5, 0.6) is 0 Å². The Morgan fingerprint density at radius 3 is 2.21 bits per heavy atom. The molecule has 0 spiro atoms. The van der Waals surface area contributed by atoms with Crippen molar-refractivity contribution >= 4 is 8.32 Å². The van der Waals surface area contributed by atoms with Crippen molar-refractivity contribution in [3.05, 3.63) is 0 Å². The molecule has 4 heteroatoms. The molecule has 0 aromatic carbocycles. The molecule has 84 valence electrons. The molecular formula is C10H23NO2Si. The fourth-order valence-electron chi connectivity index (χ4n) is 1.32. The molecule has 0 aromatic rings. The summed E-state index contributed by atoms with van der Waals surface area (Å²) in [5.41, 5.74) is 0. The third kappa shape index (κ3) is 2.57. The average Bonchev–Trinajstić information content (AvgIpc) is 2.33. The Morgan fingerprint density at radius 1 is 1.29 bits per heavy atom. The van der Waals surface area contributed by atoms with Gasteiger partial charge in [0.15, 0.2) is 8.32 Å². The van der Waals surface area contributed by atoms with Crippen LogP contribution in [0.1, 0.15) is 20.8 Å². The number of β-amino-alcohol motifs (C(OH)–C–C–N with tert-alkyl or cyclic N) is 1. The van der Waals surface area contributed by atoms with Crippen molar-refractivity contribution in [1.82, 2.24) is 5.32 Å². The van der Waals surface area contributed by atoms with E-state index in [0.717, 1.165) is 6.54 Å². The number of hydrogen-bond acceptors (Lipinski definition) is 3. The van der Waals surface area contributed by atoms with Crippen molar-refractivity contribution < 1.29 is 9.53 Å². The number of aliphatic hydroxyl groups is 1. The maximum atomic E-state index is 9.65. The molecule has 0 aromatic heterocycles. The van der Waals surface area contributed by atoms with Gasteiger partial charge < -0.3 is 14.8 Å². The lowest BCUT2D eigenvalue weighted by molar-refractivity contribution is 0.0643. The van der Waals surface area contributed by atoms with E-state index in [1.54, 1.807) is 0 Å². The molecule has 0 saturated carbocycles.